The Kier molecular flexibility index (Phi) is 5.44. The fourth-order valence-electron chi connectivity index (χ4n) is 5.29. The maximum Gasteiger partial charge on any atom is 0.161 e. The number of nitrogens with zero attached hydrogens (tertiary/aromatic N) is 5. The second-order valence-corrected chi connectivity index (χ2v) is 9.61. The summed E-state index contributed by atoms with van der Waals surface area (Å²) in [5.41, 5.74) is 5.00. The number of para-hydroxylation sites is 1. The Morgan fingerprint density at radius 1 is 0.868 bits per heavy atom. The molecule has 0 unspecified atom stereocenters. The van der Waals surface area contributed by atoms with Crippen molar-refractivity contribution in [1.82, 2.24) is 35.0 Å². The van der Waals surface area contributed by atoms with E-state index in [9.17, 15) is 4.39 Å². The molecule has 0 atom stereocenters. The van der Waals surface area contributed by atoms with Gasteiger partial charge in [-0.3, -0.25) is 20.0 Å². The molecule has 9 heteroatoms. The van der Waals surface area contributed by atoms with Gasteiger partial charge in [-0.25, -0.2) is 13.8 Å². The maximum atomic E-state index is 16.1. The number of hydrogen-bond donors (Lipinski definition) is 2. The third-order valence-corrected chi connectivity index (χ3v) is 7.12. The number of fused-ring (bicyclic) bond motifs is 2. The van der Waals surface area contributed by atoms with Crippen LogP contribution in [0.1, 0.15) is 18.4 Å². The lowest BCUT2D eigenvalue weighted by Crippen LogP contribution is -2.18. The molecule has 188 valence electrons. The number of aromatic amines is 2. The van der Waals surface area contributed by atoms with E-state index in [1.165, 1.54) is 18.9 Å². The minimum absolute atomic E-state index is 0.207. The van der Waals surface area contributed by atoms with Crippen LogP contribution < -0.4 is 0 Å². The lowest BCUT2D eigenvalue weighted by Gasteiger charge is -2.14. The molecule has 0 spiro atoms. The molecule has 0 aliphatic carbocycles. The average molecular weight is 508 g/mol. The van der Waals surface area contributed by atoms with Gasteiger partial charge >= 0.3 is 0 Å². The summed E-state index contributed by atoms with van der Waals surface area (Å²) in [4.78, 5) is 19.1. The molecule has 0 amide bonds. The monoisotopic (exact) mass is 507 g/mol. The first kappa shape index (κ1) is 22.7. The van der Waals surface area contributed by atoms with Gasteiger partial charge in [0.25, 0.3) is 0 Å². The first-order chi connectivity index (χ1) is 18.7. The molecular formula is C29H23F2N7. The lowest BCUT2D eigenvalue weighted by atomic mass is 10.0. The van der Waals surface area contributed by atoms with Crippen LogP contribution >= 0.6 is 0 Å². The van der Waals surface area contributed by atoms with Gasteiger partial charge in [-0.2, -0.15) is 5.10 Å². The van der Waals surface area contributed by atoms with E-state index in [1.54, 1.807) is 30.6 Å². The molecule has 1 aliphatic heterocycles. The number of rotatable bonds is 5. The molecule has 1 saturated heterocycles. The summed E-state index contributed by atoms with van der Waals surface area (Å²) >= 11 is 0. The Morgan fingerprint density at radius 2 is 1.71 bits per heavy atom. The van der Waals surface area contributed by atoms with Crippen LogP contribution in [0.15, 0.2) is 67.1 Å². The van der Waals surface area contributed by atoms with Crippen molar-refractivity contribution in [3.8, 4) is 33.9 Å². The fourth-order valence-corrected chi connectivity index (χ4v) is 5.29. The summed E-state index contributed by atoms with van der Waals surface area (Å²) < 4.78 is 30.6. The van der Waals surface area contributed by atoms with Crippen LogP contribution in [-0.4, -0.2) is 48.1 Å². The Labute approximate surface area is 216 Å². The van der Waals surface area contributed by atoms with Crippen molar-refractivity contribution in [3.63, 3.8) is 0 Å². The average Bonchev–Trinajstić information content (AvgIpc) is 3.69. The van der Waals surface area contributed by atoms with E-state index in [2.05, 4.69) is 30.0 Å². The highest BCUT2D eigenvalue weighted by Gasteiger charge is 2.22. The normalized spacial score (nSPS) is 14.2. The predicted octanol–water partition coefficient (Wildman–Crippen LogP) is 6.10. The summed E-state index contributed by atoms with van der Waals surface area (Å²) in [5, 5.41) is 7.52. The quantitative estimate of drug-likeness (QED) is 0.294. The van der Waals surface area contributed by atoms with Crippen molar-refractivity contribution in [2.45, 2.75) is 19.4 Å². The smallest absolute Gasteiger partial charge is 0.161 e. The topological polar surface area (TPSA) is 86.4 Å². The van der Waals surface area contributed by atoms with Gasteiger partial charge in [0, 0.05) is 35.6 Å². The molecule has 38 heavy (non-hydrogen) atoms. The SMILES string of the molecule is Fc1ccccc1-c1cccc2[nH]c(-c3n[nH]c4cnc(-c5cncc(CN6CCCC6)c5)c(F)c34)nc12. The largest absolute Gasteiger partial charge is 0.337 e. The molecule has 4 aromatic heterocycles. The van der Waals surface area contributed by atoms with Gasteiger partial charge in [0.1, 0.15) is 17.2 Å². The highest BCUT2D eigenvalue weighted by molar-refractivity contribution is 5.98. The van der Waals surface area contributed by atoms with Gasteiger partial charge in [-0.05, 0) is 49.7 Å². The Balaban J connectivity index is 1.32. The molecule has 0 saturated carbocycles. The van der Waals surface area contributed by atoms with E-state index in [0.717, 1.165) is 25.2 Å². The van der Waals surface area contributed by atoms with Gasteiger partial charge in [0.05, 0.1) is 28.1 Å². The molecule has 7 rings (SSSR count). The summed E-state index contributed by atoms with van der Waals surface area (Å²) in [6, 6.07) is 14.0. The number of imidazole rings is 1. The van der Waals surface area contributed by atoms with Crippen LogP contribution in [0, 0.1) is 11.6 Å². The van der Waals surface area contributed by atoms with Crippen LogP contribution in [-0.2, 0) is 6.54 Å². The second-order valence-electron chi connectivity index (χ2n) is 9.61. The molecule has 2 N–H and O–H groups in total. The van der Waals surface area contributed by atoms with Crippen molar-refractivity contribution in [2.75, 3.05) is 13.1 Å². The molecular weight excluding hydrogens is 484 g/mol. The Bertz CT molecular complexity index is 1800. The van der Waals surface area contributed by atoms with Crippen molar-refractivity contribution < 1.29 is 8.78 Å². The van der Waals surface area contributed by atoms with Crippen molar-refractivity contribution in [1.29, 1.82) is 0 Å². The van der Waals surface area contributed by atoms with Crippen LogP contribution in [0.3, 0.4) is 0 Å². The molecule has 1 aliphatic rings. The van der Waals surface area contributed by atoms with Gasteiger partial charge < -0.3 is 4.98 Å². The number of pyridine rings is 2. The van der Waals surface area contributed by atoms with Crippen molar-refractivity contribution in [3.05, 3.63) is 84.3 Å². The highest BCUT2D eigenvalue weighted by atomic mass is 19.1. The summed E-state index contributed by atoms with van der Waals surface area (Å²) in [7, 11) is 0. The van der Waals surface area contributed by atoms with E-state index in [1.807, 2.05) is 30.5 Å². The van der Waals surface area contributed by atoms with Gasteiger partial charge in [0.15, 0.2) is 11.6 Å². The van der Waals surface area contributed by atoms with E-state index < -0.39 is 5.82 Å². The number of H-pyrrole nitrogens is 2. The van der Waals surface area contributed by atoms with E-state index in [4.69, 9.17) is 4.98 Å². The second kappa shape index (κ2) is 9.11. The third kappa shape index (κ3) is 3.83. The number of likely N-dealkylation sites (tertiary alicyclic amines) is 1. The number of aromatic nitrogens is 6. The highest BCUT2D eigenvalue weighted by Crippen LogP contribution is 2.35. The van der Waals surface area contributed by atoms with Gasteiger partial charge in [0.2, 0.25) is 0 Å². The van der Waals surface area contributed by atoms with Crippen molar-refractivity contribution >= 4 is 21.9 Å². The zero-order valence-electron chi connectivity index (χ0n) is 20.4. The van der Waals surface area contributed by atoms with Gasteiger partial charge in [-0.1, -0.05) is 30.3 Å². The third-order valence-electron chi connectivity index (χ3n) is 7.12. The summed E-state index contributed by atoms with van der Waals surface area (Å²) in [6.45, 7) is 2.92. The number of nitrogens with one attached hydrogen (secondary N) is 2. The van der Waals surface area contributed by atoms with Crippen LogP contribution in [0.25, 0.3) is 55.8 Å². The summed E-state index contributed by atoms with van der Waals surface area (Å²) in [5.74, 6) is -0.453. The van der Waals surface area contributed by atoms with E-state index in [0.29, 0.717) is 44.8 Å². The molecule has 7 nitrogen and oxygen atoms in total. The minimum Gasteiger partial charge on any atom is -0.337 e. The zero-order valence-corrected chi connectivity index (χ0v) is 20.4. The van der Waals surface area contributed by atoms with Gasteiger partial charge in [-0.15, -0.1) is 0 Å². The van der Waals surface area contributed by atoms with E-state index >= 15 is 4.39 Å². The molecule has 5 heterocycles. The molecule has 0 bridgehead atoms. The van der Waals surface area contributed by atoms with Crippen LogP contribution in [0.4, 0.5) is 8.78 Å². The standard InChI is InChI=1S/C29H23F2N7/c30-21-8-2-1-6-19(21)20-7-5-9-22-27(20)35-29(34-22)28-24-23(36-37-28)15-33-26(25(24)31)18-12-17(13-32-14-18)16-38-10-3-4-11-38/h1-2,5-9,12-15H,3-4,10-11,16H2,(H,34,35)(H,36,37). The zero-order chi connectivity index (χ0) is 25.6. The van der Waals surface area contributed by atoms with E-state index in [-0.39, 0.29) is 16.9 Å². The van der Waals surface area contributed by atoms with Crippen molar-refractivity contribution in [2.24, 2.45) is 0 Å². The minimum atomic E-state index is -0.499. The fraction of sp³-hybridized carbons (Fsp3) is 0.172. The van der Waals surface area contributed by atoms with Crippen LogP contribution in [0.5, 0.6) is 0 Å². The number of benzene rings is 2. The molecule has 1 fully saturated rings. The number of halogens is 2. The maximum absolute atomic E-state index is 16.1. The number of hydrogen-bond acceptors (Lipinski definition) is 5. The Hall–Kier alpha value is -4.50. The first-order valence-electron chi connectivity index (χ1n) is 12.6. The predicted molar refractivity (Wildman–Crippen MR) is 142 cm³/mol. The lowest BCUT2D eigenvalue weighted by molar-refractivity contribution is 0.331. The first-order valence-corrected chi connectivity index (χ1v) is 12.6. The summed E-state index contributed by atoms with van der Waals surface area (Å²) in [6.07, 6.45) is 7.43. The molecule has 0 radical (unpaired) electrons. The Morgan fingerprint density at radius 3 is 2.58 bits per heavy atom. The molecule has 2 aromatic carbocycles. The molecule has 6 aromatic rings. The van der Waals surface area contributed by atoms with Crippen LogP contribution in [0.2, 0.25) is 0 Å².